The summed E-state index contributed by atoms with van der Waals surface area (Å²) in [7, 11) is 3.06. The predicted molar refractivity (Wildman–Crippen MR) is 141 cm³/mol. The van der Waals surface area contributed by atoms with Crippen LogP contribution in [0.4, 0.5) is 10.1 Å². The second-order valence-electron chi connectivity index (χ2n) is 11.8. The SMILES string of the molecule is CCN1CCC2CNc3c(O)c4c(c(F)c3C21)C[C@H]1C[C@H]2[C@H](N(C)C)C(=O)C(C(N)=O)=C(O)[C@@]2(O)C(=O)C1=C4O. The van der Waals surface area contributed by atoms with Gasteiger partial charge in [0.1, 0.15) is 28.7 Å². The predicted octanol–water partition coefficient (Wildman–Crippen LogP) is 0.912. The Morgan fingerprint density at radius 3 is 2.58 bits per heavy atom. The van der Waals surface area contributed by atoms with E-state index in [2.05, 4.69) is 10.2 Å². The van der Waals surface area contributed by atoms with Crippen LogP contribution < -0.4 is 11.1 Å². The number of Topliss-reactive ketones (excluding diaryl/α,β-unsaturated/α-hetero) is 2. The molecule has 1 aromatic rings. The summed E-state index contributed by atoms with van der Waals surface area (Å²) in [4.78, 5) is 42.9. The molecule has 2 fully saturated rings. The zero-order chi connectivity index (χ0) is 29.0. The molecule has 5 aliphatic rings. The van der Waals surface area contributed by atoms with Crippen LogP contribution in [-0.4, -0.2) is 93.1 Å². The summed E-state index contributed by atoms with van der Waals surface area (Å²) in [6.45, 7) is 4.00. The first kappa shape index (κ1) is 26.7. The van der Waals surface area contributed by atoms with Crippen LogP contribution in [0.1, 0.15) is 42.5 Å². The van der Waals surface area contributed by atoms with Gasteiger partial charge in [0.05, 0.1) is 17.3 Å². The van der Waals surface area contributed by atoms with E-state index in [-0.39, 0.29) is 52.9 Å². The third-order valence-corrected chi connectivity index (χ3v) is 9.73. The topological polar surface area (TPSA) is 177 Å². The van der Waals surface area contributed by atoms with Crippen molar-refractivity contribution in [2.75, 3.05) is 39.0 Å². The summed E-state index contributed by atoms with van der Waals surface area (Å²) >= 11 is 0. The van der Waals surface area contributed by atoms with E-state index in [1.165, 1.54) is 19.0 Å². The van der Waals surface area contributed by atoms with Crippen LogP contribution in [0.2, 0.25) is 0 Å². The minimum Gasteiger partial charge on any atom is -0.508 e. The zero-order valence-electron chi connectivity index (χ0n) is 22.5. The number of nitrogens with zero attached hydrogens (tertiary/aromatic N) is 2. The molecule has 3 aliphatic carbocycles. The highest BCUT2D eigenvalue weighted by Gasteiger charge is 2.64. The number of aliphatic hydroxyl groups excluding tert-OH is 2. The summed E-state index contributed by atoms with van der Waals surface area (Å²) in [6.07, 6.45) is 0.707. The fourth-order valence-electron chi connectivity index (χ4n) is 7.96. The van der Waals surface area contributed by atoms with Gasteiger partial charge in [0, 0.05) is 35.2 Å². The number of fused-ring (bicyclic) bond motifs is 6. The van der Waals surface area contributed by atoms with Gasteiger partial charge in [-0.05, 0) is 58.3 Å². The third kappa shape index (κ3) is 3.18. The van der Waals surface area contributed by atoms with Gasteiger partial charge >= 0.3 is 0 Å². The molecule has 214 valence electrons. The lowest BCUT2D eigenvalue weighted by Gasteiger charge is -2.50. The maximum atomic E-state index is 16.5. The van der Waals surface area contributed by atoms with Gasteiger partial charge in [-0.25, -0.2) is 4.39 Å². The van der Waals surface area contributed by atoms with Crippen LogP contribution in [0.25, 0.3) is 5.76 Å². The molecular formula is C28H33FN4O7. The second kappa shape index (κ2) is 8.76. The Bertz CT molecular complexity index is 1450. The van der Waals surface area contributed by atoms with Crippen LogP contribution in [0.3, 0.4) is 0 Å². The van der Waals surface area contributed by atoms with Crippen molar-refractivity contribution in [2.24, 2.45) is 23.5 Å². The first-order valence-corrected chi connectivity index (χ1v) is 13.6. The van der Waals surface area contributed by atoms with E-state index >= 15 is 4.39 Å². The lowest BCUT2D eigenvalue weighted by molar-refractivity contribution is -0.153. The van der Waals surface area contributed by atoms with Gasteiger partial charge in [0.15, 0.2) is 11.4 Å². The number of ketones is 2. The van der Waals surface area contributed by atoms with E-state index < -0.39 is 63.9 Å². The Morgan fingerprint density at radius 1 is 1.25 bits per heavy atom. The fourth-order valence-corrected chi connectivity index (χ4v) is 7.96. The molecule has 7 N–H and O–H groups in total. The van der Waals surface area contributed by atoms with Crippen molar-refractivity contribution in [3.8, 4) is 5.75 Å². The summed E-state index contributed by atoms with van der Waals surface area (Å²) < 4.78 is 16.5. The molecule has 0 aromatic heterocycles. The second-order valence-corrected chi connectivity index (χ2v) is 11.8. The standard InChI is InChI=1S/C28H33FN4O7/c1-4-33-6-5-10-9-31-19-16(20(10)33)18(29)12-7-11-8-13-21(32(2)3)24(36)17(27(30)39)26(38)28(13,40)25(37)14(11)22(34)15(12)23(19)35/h10-11,13,20-21,31,34-35,38,40H,4-9H2,1-3H3,(H2,30,39)/t10?,11-,13-,20?,21-,28-/m0/s1. The minimum absolute atomic E-state index is 0.0623. The Kier molecular flexibility index (Phi) is 5.85. The molecule has 6 atom stereocenters. The highest BCUT2D eigenvalue weighted by molar-refractivity contribution is 6.24. The van der Waals surface area contributed by atoms with Gasteiger partial charge in [0.2, 0.25) is 5.78 Å². The number of rotatable bonds is 3. The first-order chi connectivity index (χ1) is 18.9. The molecule has 2 unspecified atom stereocenters. The summed E-state index contributed by atoms with van der Waals surface area (Å²) in [6, 6.07) is -1.44. The molecule has 0 radical (unpaired) electrons. The molecule has 2 aliphatic heterocycles. The van der Waals surface area contributed by atoms with Crippen molar-refractivity contribution >= 4 is 28.9 Å². The van der Waals surface area contributed by atoms with Crippen LogP contribution in [0, 0.1) is 23.6 Å². The number of primary amides is 1. The van der Waals surface area contributed by atoms with E-state index in [0.717, 1.165) is 13.0 Å². The lowest BCUT2D eigenvalue weighted by atomic mass is 9.57. The fraction of sp³-hybridized carbons (Fsp3) is 0.536. The van der Waals surface area contributed by atoms with Crippen molar-refractivity contribution in [2.45, 2.75) is 43.9 Å². The lowest BCUT2D eigenvalue weighted by Crippen LogP contribution is -2.65. The zero-order valence-corrected chi connectivity index (χ0v) is 22.5. The number of halogens is 1. The van der Waals surface area contributed by atoms with E-state index in [9.17, 15) is 34.8 Å². The van der Waals surface area contributed by atoms with Gasteiger partial charge in [0.25, 0.3) is 5.91 Å². The molecule has 1 saturated heterocycles. The Hall–Kier alpha value is -3.48. The van der Waals surface area contributed by atoms with Gasteiger partial charge in [-0.2, -0.15) is 0 Å². The monoisotopic (exact) mass is 556 g/mol. The van der Waals surface area contributed by atoms with Crippen molar-refractivity contribution in [3.63, 3.8) is 0 Å². The number of hydrogen-bond donors (Lipinski definition) is 6. The molecule has 1 amide bonds. The van der Waals surface area contributed by atoms with Crippen LogP contribution in [0.15, 0.2) is 16.9 Å². The van der Waals surface area contributed by atoms with E-state index in [1.54, 1.807) is 0 Å². The highest BCUT2D eigenvalue weighted by Crippen LogP contribution is 2.56. The molecule has 1 aromatic carbocycles. The number of aromatic hydroxyl groups is 1. The largest absolute Gasteiger partial charge is 0.508 e. The highest BCUT2D eigenvalue weighted by atomic mass is 19.1. The number of carbonyl (C=O) groups is 3. The molecule has 40 heavy (non-hydrogen) atoms. The molecule has 6 rings (SSSR count). The molecule has 0 bridgehead atoms. The van der Waals surface area contributed by atoms with Crippen molar-refractivity contribution in [1.82, 2.24) is 9.80 Å². The van der Waals surface area contributed by atoms with Crippen molar-refractivity contribution < 1.29 is 39.2 Å². The van der Waals surface area contributed by atoms with Crippen molar-refractivity contribution in [1.29, 1.82) is 0 Å². The third-order valence-electron chi connectivity index (χ3n) is 9.73. The number of amides is 1. The van der Waals surface area contributed by atoms with E-state index in [1.807, 2.05) is 6.92 Å². The van der Waals surface area contributed by atoms with Gasteiger partial charge in [-0.15, -0.1) is 0 Å². The minimum atomic E-state index is -2.73. The number of hydrogen-bond acceptors (Lipinski definition) is 10. The molecule has 1 saturated carbocycles. The number of phenols is 1. The number of carbonyl (C=O) groups excluding carboxylic acids is 3. The first-order valence-electron chi connectivity index (χ1n) is 13.6. The molecule has 0 spiro atoms. The van der Waals surface area contributed by atoms with Gasteiger partial charge in [-0.1, -0.05) is 6.92 Å². The average molecular weight is 557 g/mol. The number of nitrogens with two attached hydrogens (primary N) is 1. The van der Waals surface area contributed by atoms with E-state index in [0.29, 0.717) is 18.7 Å². The van der Waals surface area contributed by atoms with Crippen LogP contribution >= 0.6 is 0 Å². The maximum absolute atomic E-state index is 16.5. The van der Waals surface area contributed by atoms with Gasteiger partial charge in [-0.3, -0.25) is 24.2 Å². The van der Waals surface area contributed by atoms with Crippen molar-refractivity contribution in [3.05, 3.63) is 39.4 Å². The summed E-state index contributed by atoms with van der Waals surface area (Å²) in [5, 5.41) is 48.6. The van der Waals surface area contributed by atoms with Crippen LogP contribution in [-0.2, 0) is 20.8 Å². The number of aliphatic hydroxyl groups is 3. The van der Waals surface area contributed by atoms with Crippen LogP contribution in [0.5, 0.6) is 5.75 Å². The number of likely N-dealkylation sites (N-methyl/N-ethyl adjacent to an activating group) is 1. The molecule has 12 heteroatoms. The quantitative estimate of drug-likeness (QED) is 0.232. The number of nitrogens with one attached hydrogen (secondary N) is 1. The maximum Gasteiger partial charge on any atom is 0.255 e. The number of phenolic OH excluding ortho intramolecular Hbond substituents is 1. The Morgan fingerprint density at radius 2 is 1.95 bits per heavy atom. The smallest absolute Gasteiger partial charge is 0.255 e. The van der Waals surface area contributed by atoms with Gasteiger partial charge < -0.3 is 31.5 Å². The average Bonchev–Trinajstić information content (AvgIpc) is 3.32. The number of likely N-dealkylation sites (tertiary alicyclic amines) is 1. The Labute approximate surface area is 229 Å². The summed E-state index contributed by atoms with van der Waals surface area (Å²) in [5.74, 6) is -7.94. The molecule has 2 heterocycles. The molecular weight excluding hydrogens is 523 g/mol. The summed E-state index contributed by atoms with van der Waals surface area (Å²) in [5.41, 5.74) is 1.78. The number of anilines is 1. The van der Waals surface area contributed by atoms with E-state index in [4.69, 9.17) is 5.73 Å². The normalized spacial score (nSPS) is 33.3. The molecule has 11 nitrogen and oxygen atoms in total. The number of benzene rings is 1. The Balaban J connectivity index is 1.56.